The number of likely N-dealkylation sites (tertiary alicyclic amines) is 1. The van der Waals surface area contributed by atoms with Crippen LogP contribution in [0.25, 0.3) is 0 Å². The fraction of sp³-hybridized carbons (Fsp3) is 0.846. The molecule has 4 aliphatic rings. The molecule has 0 bridgehead atoms. The van der Waals surface area contributed by atoms with Crippen molar-refractivity contribution < 1.29 is 19.0 Å². The highest BCUT2D eigenvalue weighted by molar-refractivity contribution is 5.26. The maximum absolute atomic E-state index is 12.6. The Kier molecular flexibility index (Phi) is 7.24. The third kappa shape index (κ3) is 5.25. The Balaban J connectivity index is 1.37. The van der Waals surface area contributed by atoms with Crippen LogP contribution in [0.4, 0.5) is 8.78 Å². The van der Waals surface area contributed by atoms with Crippen LogP contribution in [-0.4, -0.2) is 53.4 Å². The molecule has 4 fully saturated rings. The van der Waals surface area contributed by atoms with Gasteiger partial charge in [-0.15, -0.1) is 0 Å². The summed E-state index contributed by atoms with van der Waals surface area (Å²) < 4.78 is 25.2. The number of hydrogen-bond acceptors (Lipinski definition) is 3. The summed E-state index contributed by atoms with van der Waals surface area (Å²) in [6.45, 7) is 7.61. The number of nitrogens with zero attached hydrogens (tertiary/aromatic N) is 1. The van der Waals surface area contributed by atoms with E-state index in [0.717, 1.165) is 26.1 Å². The molecule has 31 heavy (non-hydrogen) atoms. The van der Waals surface area contributed by atoms with Crippen molar-refractivity contribution in [2.45, 2.75) is 90.3 Å². The van der Waals surface area contributed by atoms with Gasteiger partial charge in [0, 0.05) is 26.1 Å². The molecule has 1 aliphatic heterocycles. The van der Waals surface area contributed by atoms with Crippen LogP contribution >= 0.6 is 0 Å². The van der Waals surface area contributed by atoms with E-state index in [-0.39, 0.29) is 12.3 Å². The molecule has 0 aromatic rings. The molecular formula is C26H41F2NO2. The highest BCUT2D eigenvalue weighted by Gasteiger charge is 2.51. The standard InChI is InChI=1S/C26H41F2NO2/c1-17(14-29-15-19(16-29)12-25(27)28)23-7-8-24-20(4-3-9-26(23,24)2)6-5-18-10-21(30)13-22(31)11-18/h5-6,17,19,21-25,30-31H,3-4,7-16H2,1-2H3/t17?,21-,22-,23-,24+,26-/m1/s1. The second-order valence-electron chi connectivity index (χ2n) is 11.3. The molecule has 4 rings (SSSR count). The first-order chi connectivity index (χ1) is 14.7. The number of alkyl halides is 2. The highest BCUT2D eigenvalue weighted by atomic mass is 19.3. The zero-order valence-electron chi connectivity index (χ0n) is 19.3. The van der Waals surface area contributed by atoms with Crippen LogP contribution < -0.4 is 0 Å². The molecule has 176 valence electrons. The van der Waals surface area contributed by atoms with E-state index in [1.54, 1.807) is 5.57 Å². The zero-order valence-corrected chi connectivity index (χ0v) is 19.3. The maximum Gasteiger partial charge on any atom is 0.239 e. The summed E-state index contributed by atoms with van der Waals surface area (Å²) in [5.74, 6) is 2.12. The summed E-state index contributed by atoms with van der Waals surface area (Å²) in [6, 6.07) is 0. The quantitative estimate of drug-likeness (QED) is 0.601. The molecular weight excluding hydrogens is 396 g/mol. The fourth-order valence-corrected chi connectivity index (χ4v) is 7.51. The molecule has 0 radical (unpaired) electrons. The van der Waals surface area contributed by atoms with Crippen LogP contribution in [0.5, 0.6) is 0 Å². The average Bonchev–Trinajstić information content (AvgIpc) is 3.01. The fourth-order valence-electron chi connectivity index (χ4n) is 7.51. The second-order valence-corrected chi connectivity index (χ2v) is 11.3. The van der Waals surface area contributed by atoms with E-state index in [4.69, 9.17) is 0 Å². The molecule has 1 heterocycles. The molecule has 3 saturated carbocycles. The van der Waals surface area contributed by atoms with Crippen molar-refractivity contribution in [2.24, 2.45) is 29.1 Å². The third-order valence-corrected chi connectivity index (χ3v) is 8.89. The number of rotatable bonds is 6. The number of fused-ring (bicyclic) bond motifs is 1. The van der Waals surface area contributed by atoms with E-state index in [1.165, 1.54) is 31.3 Å². The predicted octanol–water partition coefficient (Wildman–Crippen LogP) is 5.18. The maximum atomic E-state index is 12.6. The SMILES string of the molecule is CC(CN1CC(CC(F)F)C1)[C@H]1CC[C@H]2C(=CC=C3C[C@@H](O)C[C@H](O)C3)CCC[C@]12C. The number of allylic oxidation sites excluding steroid dienone is 3. The number of aliphatic hydroxyl groups excluding tert-OH is 2. The molecule has 3 nitrogen and oxygen atoms in total. The summed E-state index contributed by atoms with van der Waals surface area (Å²) in [7, 11) is 0. The van der Waals surface area contributed by atoms with Crippen molar-refractivity contribution >= 4 is 0 Å². The monoisotopic (exact) mass is 437 g/mol. The normalized spacial score (nSPS) is 39.6. The largest absolute Gasteiger partial charge is 0.393 e. The molecule has 6 atom stereocenters. The van der Waals surface area contributed by atoms with Gasteiger partial charge in [-0.3, -0.25) is 0 Å². The Hall–Kier alpha value is -0.780. The Labute approximate surface area is 186 Å². The van der Waals surface area contributed by atoms with Crippen molar-refractivity contribution in [3.63, 3.8) is 0 Å². The van der Waals surface area contributed by atoms with E-state index in [9.17, 15) is 19.0 Å². The summed E-state index contributed by atoms with van der Waals surface area (Å²) in [4.78, 5) is 2.39. The molecule has 0 aromatic carbocycles. The van der Waals surface area contributed by atoms with Gasteiger partial charge >= 0.3 is 0 Å². The average molecular weight is 438 g/mol. The molecule has 5 heteroatoms. The summed E-state index contributed by atoms with van der Waals surface area (Å²) in [5, 5.41) is 19.9. The Morgan fingerprint density at radius 3 is 2.52 bits per heavy atom. The Morgan fingerprint density at radius 2 is 1.84 bits per heavy atom. The van der Waals surface area contributed by atoms with Gasteiger partial charge < -0.3 is 15.1 Å². The van der Waals surface area contributed by atoms with Gasteiger partial charge in [-0.05, 0) is 80.5 Å². The number of aliphatic hydroxyl groups is 2. The van der Waals surface area contributed by atoms with Gasteiger partial charge in [-0.25, -0.2) is 8.78 Å². The minimum Gasteiger partial charge on any atom is -0.393 e. The van der Waals surface area contributed by atoms with Crippen LogP contribution in [0.3, 0.4) is 0 Å². The first kappa shape index (κ1) is 23.4. The topological polar surface area (TPSA) is 43.7 Å². The summed E-state index contributed by atoms with van der Waals surface area (Å²) in [5.41, 5.74) is 3.07. The van der Waals surface area contributed by atoms with Gasteiger partial charge in [0.05, 0.1) is 12.2 Å². The van der Waals surface area contributed by atoms with Gasteiger partial charge in [0.2, 0.25) is 6.43 Å². The van der Waals surface area contributed by atoms with E-state index in [1.807, 2.05) is 0 Å². The molecule has 0 spiro atoms. The van der Waals surface area contributed by atoms with Crippen LogP contribution in [0.15, 0.2) is 23.3 Å². The number of hydrogen-bond donors (Lipinski definition) is 2. The molecule has 3 aliphatic carbocycles. The molecule has 0 amide bonds. The first-order valence-corrected chi connectivity index (χ1v) is 12.5. The summed E-state index contributed by atoms with van der Waals surface area (Å²) >= 11 is 0. The van der Waals surface area contributed by atoms with Crippen molar-refractivity contribution in [1.82, 2.24) is 4.90 Å². The van der Waals surface area contributed by atoms with Crippen molar-refractivity contribution in [2.75, 3.05) is 19.6 Å². The van der Waals surface area contributed by atoms with Crippen molar-refractivity contribution in [3.8, 4) is 0 Å². The Bertz CT molecular complexity index is 675. The predicted molar refractivity (Wildman–Crippen MR) is 120 cm³/mol. The van der Waals surface area contributed by atoms with Gasteiger partial charge in [0.15, 0.2) is 0 Å². The summed E-state index contributed by atoms with van der Waals surface area (Å²) in [6.07, 6.45) is 9.64. The van der Waals surface area contributed by atoms with E-state index in [0.29, 0.717) is 42.4 Å². The van der Waals surface area contributed by atoms with E-state index in [2.05, 4.69) is 30.9 Å². The molecule has 2 N–H and O–H groups in total. The van der Waals surface area contributed by atoms with Gasteiger partial charge in [0.1, 0.15) is 0 Å². The molecule has 1 saturated heterocycles. The zero-order chi connectivity index (χ0) is 22.2. The lowest BCUT2D eigenvalue weighted by Crippen LogP contribution is -2.50. The van der Waals surface area contributed by atoms with Crippen LogP contribution in [0, 0.1) is 29.1 Å². The van der Waals surface area contributed by atoms with Gasteiger partial charge in [-0.1, -0.05) is 37.1 Å². The smallest absolute Gasteiger partial charge is 0.239 e. The van der Waals surface area contributed by atoms with Gasteiger partial charge in [0.25, 0.3) is 0 Å². The number of halogens is 2. The lowest BCUT2D eigenvalue weighted by atomic mass is 9.61. The first-order valence-electron chi connectivity index (χ1n) is 12.5. The highest BCUT2D eigenvalue weighted by Crippen LogP contribution is 2.59. The minimum atomic E-state index is -2.17. The second kappa shape index (κ2) is 9.61. The van der Waals surface area contributed by atoms with Crippen molar-refractivity contribution in [3.05, 3.63) is 23.3 Å². The van der Waals surface area contributed by atoms with Crippen molar-refractivity contribution in [1.29, 1.82) is 0 Å². The van der Waals surface area contributed by atoms with E-state index >= 15 is 0 Å². The minimum absolute atomic E-state index is 0.0613. The van der Waals surface area contributed by atoms with Gasteiger partial charge in [-0.2, -0.15) is 0 Å². The van der Waals surface area contributed by atoms with Crippen LogP contribution in [-0.2, 0) is 0 Å². The van der Waals surface area contributed by atoms with E-state index < -0.39 is 18.6 Å². The Morgan fingerprint density at radius 1 is 1.13 bits per heavy atom. The molecule has 1 unspecified atom stereocenters. The lowest BCUT2D eigenvalue weighted by Gasteiger charge is -2.47. The van der Waals surface area contributed by atoms with Crippen LogP contribution in [0.1, 0.15) is 71.6 Å². The lowest BCUT2D eigenvalue weighted by molar-refractivity contribution is 0.00986. The van der Waals surface area contributed by atoms with Crippen LogP contribution in [0.2, 0.25) is 0 Å². The molecule has 0 aromatic heterocycles. The third-order valence-electron chi connectivity index (χ3n) is 8.89.